The minimum absolute atomic E-state index is 0.0943. The SMILES string of the molecule is O=P(O)(O)C(F)(F)c1ccc(CSc2cccc(F)c2)cc1Br. The summed E-state index contributed by atoms with van der Waals surface area (Å²) in [5.41, 5.74) is -4.39. The third-order valence-corrected chi connectivity index (χ3v) is 5.62. The Morgan fingerprint density at radius 2 is 1.87 bits per heavy atom. The van der Waals surface area contributed by atoms with Gasteiger partial charge < -0.3 is 9.79 Å². The van der Waals surface area contributed by atoms with Crippen LogP contribution < -0.4 is 0 Å². The topological polar surface area (TPSA) is 57.5 Å². The van der Waals surface area contributed by atoms with E-state index in [2.05, 4.69) is 15.9 Å². The van der Waals surface area contributed by atoms with Crippen molar-refractivity contribution < 1.29 is 27.5 Å². The van der Waals surface area contributed by atoms with E-state index < -0.39 is 18.8 Å². The van der Waals surface area contributed by atoms with E-state index in [-0.39, 0.29) is 10.3 Å². The zero-order valence-electron chi connectivity index (χ0n) is 11.4. The quantitative estimate of drug-likeness (QED) is 0.515. The van der Waals surface area contributed by atoms with Crippen molar-refractivity contribution in [3.63, 3.8) is 0 Å². The molecule has 2 rings (SSSR count). The van der Waals surface area contributed by atoms with Crippen LogP contribution in [0.2, 0.25) is 0 Å². The first-order chi connectivity index (χ1) is 10.6. The molecule has 3 nitrogen and oxygen atoms in total. The highest BCUT2D eigenvalue weighted by molar-refractivity contribution is 9.10. The van der Waals surface area contributed by atoms with Gasteiger partial charge in [-0.1, -0.05) is 34.1 Å². The summed E-state index contributed by atoms with van der Waals surface area (Å²) in [5, 5.41) is 0. The van der Waals surface area contributed by atoms with Crippen LogP contribution in [0.1, 0.15) is 11.1 Å². The lowest BCUT2D eigenvalue weighted by Crippen LogP contribution is -2.14. The van der Waals surface area contributed by atoms with Crippen LogP contribution in [-0.2, 0) is 16.0 Å². The molecule has 0 heterocycles. The molecule has 0 aliphatic carbocycles. The van der Waals surface area contributed by atoms with Gasteiger partial charge in [0.1, 0.15) is 5.82 Å². The highest BCUT2D eigenvalue weighted by Gasteiger charge is 2.51. The van der Waals surface area contributed by atoms with Crippen LogP contribution in [0.5, 0.6) is 0 Å². The van der Waals surface area contributed by atoms with Gasteiger partial charge in [0.2, 0.25) is 0 Å². The summed E-state index contributed by atoms with van der Waals surface area (Å²) in [6.07, 6.45) is 0. The number of hydrogen-bond donors (Lipinski definition) is 2. The average Bonchev–Trinajstić information content (AvgIpc) is 2.44. The first-order valence-electron chi connectivity index (χ1n) is 6.22. The molecule has 2 aromatic rings. The van der Waals surface area contributed by atoms with Crippen LogP contribution in [-0.4, -0.2) is 9.79 Å². The van der Waals surface area contributed by atoms with E-state index in [9.17, 15) is 17.7 Å². The highest BCUT2D eigenvalue weighted by atomic mass is 79.9. The molecular weight excluding hydrogens is 416 g/mol. The maximum Gasteiger partial charge on any atom is 0.399 e. The third-order valence-electron chi connectivity index (χ3n) is 2.92. The monoisotopic (exact) mass is 426 g/mol. The fourth-order valence-electron chi connectivity index (χ4n) is 1.77. The standard InChI is InChI=1S/C14H11BrF3O3PS/c15-13-6-9(8-23-11-3-1-2-10(16)7-11)4-5-12(13)14(17,18)22(19,20)21/h1-7H,8H2,(H2,19,20,21). The molecule has 0 unspecified atom stereocenters. The maximum absolute atomic E-state index is 13.7. The Balaban J connectivity index is 2.18. The molecule has 0 saturated heterocycles. The van der Waals surface area contributed by atoms with Gasteiger partial charge >= 0.3 is 13.3 Å². The van der Waals surface area contributed by atoms with Gasteiger partial charge in [0, 0.05) is 20.7 Å². The third kappa shape index (κ3) is 4.39. The van der Waals surface area contributed by atoms with Crippen LogP contribution in [0.3, 0.4) is 0 Å². The number of benzene rings is 2. The summed E-state index contributed by atoms with van der Waals surface area (Å²) in [4.78, 5) is 18.2. The number of rotatable bonds is 5. The molecule has 0 aliphatic rings. The Labute approximate surface area is 143 Å². The largest absolute Gasteiger partial charge is 0.399 e. The molecule has 23 heavy (non-hydrogen) atoms. The zero-order valence-corrected chi connectivity index (χ0v) is 14.7. The summed E-state index contributed by atoms with van der Waals surface area (Å²) in [7, 11) is -5.61. The van der Waals surface area contributed by atoms with Crippen LogP contribution in [0.25, 0.3) is 0 Å². The Kier molecular flexibility index (Phi) is 5.63. The molecule has 0 fully saturated rings. The second-order valence-corrected chi connectivity index (χ2v) is 8.20. The summed E-state index contributed by atoms with van der Waals surface area (Å²) in [5.74, 6) is 0.0249. The summed E-state index contributed by atoms with van der Waals surface area (Å²) in [6, 6.07) is 9.66. The van der Waals surface area contributed by atoms with E-state index in [0.29, 0.717) is 16.2 Å². The van der Waals surface area contributed by atoms with Crippen molar-refractivity contribution in [2.75, 3.05) is 0 Å². The second kappa shape index (κ2) is 6.99. The van der Waals surface area contributed by atoms with E-state index in [1.165, 1.54) is 36.0 Å². The van der Waals surface area contributed by atoms with Crippen molar-refractivity contribution in [3.8, 4) is 0 Å². The fraction of sp³-hybridized carbons (Fsp3) is 0.143. The minimum Gasteiger partial charge on any atom is -0.320 e. The van der Waals surface area contributed by atoms with Crippen molar-refractivity contribution >= 4 is 35.3 Å². The van der Waals surface area contributed by atoms with Gasteiger partial charge in [0.25, 0.3) is 0 Å². The van der Waals surface area contributed by atoms with E-state index in [1.807, 2.05) is 0 Å². The zero-order chi connectivity index (χ0) is 17.3. The normalized spacial score (nSPS) is 12.4. The molecule has 124 valence electrons. The Morgan fingerprint density at radius 3 is 2.43 bits per heavy atom. The van der Waals surface area contributed by atoms with Gasteiger partial charge in [-0.25, -0.2) is 4.39 Å². The fourth-order valence-corrected chi connectivity index (χ4v) is 3.99. The van der Waals surface area contributed by atoms with Crippen LogP contribution >= 0.6 is 35.3 Å². The van der Waals surface area contributed by atoms with Gasteiger partial charge in [0.15, 0.2) is 0 Å². The van der Waals surface area contributed by atoms with Crippen molar-refractivity contribution in [2.24, 2.45) is 0 Å². The molecule has 0 spiro atoms. The molecule has 0 saturated carbocycles. The Hall–Kier alpha value is -0.790. The van der Waals surface area contributed by atoms with Crippen LogP contribution in [0.15, 0.2) is 51.8 Å². The number of thioether (sulfide) groups is 1. The van der Waals surface area contributed by atoms with E-state index in [4.69, 9.17) is 9.79 Å². The van der Waals surface area contributed by atoms with Crippen LogP contribution in [0.4, 0.5) is 13.2 Å². The Bertz CT molecular complexity index is 767. The van der Waals surface area contributed by atoms with Crippen molar-refractivity contribution in [1.82, 2.24) is 0 Å². The lowest BCUT2D eigenvalue weighted by molar-refractivity contribution is 0.0557. The van der Waals surface area contributed by atoms with Gasteiger partial charge in [0.05, 0.1) is 0 Å². The maximum atomic E-state index is 13.7. The first kappa shape index (κ1) is 18.5. The summed E-state index contributed by atoms with van der Waals surface area (Å²) in [6.45, 7) is 0. The molecule has 0 aliphatic heterocycles. The molecule has 9 heteroatoms. The lowest BCUT2D eigenvalue weighted by atomic mass is 10.1. The van der Waals surface area contributed by atoms with E-state index in [1.54, 1.807) is 12.1 Å². The van der Waals surface area contributed by atoms with Gasteiger partial charge in [-0.2, -0.15) is 8.78 Å². The molecular formula is C14H11BrF3O3PS. The predicted octanol–water partition coefficient (Wildman–Crippen LogP) is 5.11. The van der Waals surface area contributed by atoms with Crippen LogP contribution in [0, 0.1) is 5.82 Å². The van der Waals surface area contributed by atoms with E-state index in [0.717, 1.165) is 6.07 Å². The predicted molar refractivity (Wildman–Crippen MR) is 86.0 cm³/mol. The Morgan fingerprint density at radius 1 is 1.17 bits per heavy atom. The number of halogens is 4. The van der Waals surface area contributed by atoms with Gasteiger partial charge in [-0.3, -0.25) is 4.57 Å². The van der Waals surface area contributed by atoms with Gasteiger partial charge in [-0.15, -0.1) is 11.8 Å². The summed E-state index contributed by atoms with van der Waals surface area (Å²) < 4.78 is 51.3. The smallest absolute Gasteiger partial charge is 0.320 e. The number of alkyl halides is 2. The first-order valence-corrected chi connectivity index (χ1v) is 9.61. The molecule has 0 amide bonds. The van der Waals surface area contributed by atoms with Crippen molar-refractivity contribution in [2.45, 2.75) is 16.3 Å². The van der Waals surface area contributed by atoms with E-state index >= 15 is 0 Å². The highest BCUT2D eigenvalue weighted by Crippen LogP contribution is 2.60. The minimum atomic E-state index is -5.61. The molecule has 2 N–H and O–H groups in total. The number of hydrogen-bond acceptors (Lipinski definition) is 2. The molecule has 0 radical (unpaired) electrons. The molecule has 0 bridgehead atoms. The van der Waals surface area contributed by atoms with Crippen molar-refractivity contribution in [1.29, 1.82) is 0 Å². The van der Waals surface area contributed by atoms with Crippen molar-refractivity contribution in [3.05, 3.63) is 63.9 Å². The summed E-state index contributed by atoms with van der Waals surface area (Å²) >= 11 is 4.23. The second-order valence-electron chi connectivity index (χ2n) is 4.65. The van der Waals surface area contributed by atoms with Gasteiger partial charge in [-0.05, 0) is 29.8 Å². The molecule has 0 aromatic heterocycles. The molecule has 0 atom stereocenters. The lowest BCUT2D eigenvalue weighted by Gasteiger charge is -2.19. The average molecular weight is 427 g/mol. The molecule has 2 aromatic carbocycles.